The molecule has 0 aliphatic carbocycles. The minimum Gasteiger partial charge on any atom is -0.338 e. The van der Waals surface area contributed by atoms with E-state index in [9.17, 15) is 22.8 Å². The quantitative estimate of drug-likeness (QED) is 0.324. The topological polar surface area (TPSA) is 94.2 Å². The number of rotatable bonds is 6. The van der Waals surface area contributed by atoms with Crippen LogP contribution in [-0.4, -0.2) is 69.5 Å². The highest BCUT2D eigenvalue weighted by atomic mass is 32.1. The van der Waals surface area contributed by atoms with Crippen molar-refractivity contribution in [1.82, 2.24) is 25.0 Å². The van der Waals surface area contributed by atoms with Crippen LogP contribution >= 0.6 is 11.3 Å². The van der Waals surface area contributed by atoms with Gasteiger partial charge in [0.15, 0.2) is 0 Å². The van der Waals surface area contributed by atoms with Crippen molar-refractivity contribution in [2.24, 2.45) is 5.92 Å². The molecule has 212 valence electrons. The predicted molar refractivity (Wildman–Crippen MR) is 151 cm³/mol. The summed E-state index contributed by atoms with van der Waals surface area (Å²) in [6.45, 7) is 2.70. The standard InChI is InChI=1S/C29H27F3N6O2S/c30-29(31,32)25-13-19(3-8-33-25)27-23-14-22(1-2-24(23)35-36-27)34-28(40)20-4-9-37(15-20)16-26(39)38-10-5-18(6-11-38)21-7-12-41-17-21/h1-3,5,7-8,12-14,17,20H,4,6,9-11,15-16H2,(H,34,40)(H,35,36)/t20-/m1/s1. The van der Waals surface area contributed by atoms with Gasteiger partial charge in [-0.15, -0.1) is 0 Å². The summed E-state index contributed by atoms with van der Waals surface area (Å²) in [5, 5.41) is 14.7. The molecule has 12 heteroatoms. The normalized spacial score (nSPS) is 18.1. The summed E-state index contributed by atoms with van der Waals surface area (Å²) in [7, 11) is 0. The first-order valence-electron chi connectivity index (χ1n) is 13.3. The van der Waals surface area contributed by atoms with Gasteiger partial charge in [0.1, 0.15) is 11.4 Å². The van der Waals surface area contributed by atoms with Gasteiger partial charge in [-0.1, -0.05) is 6.08 Å². The molecule has 1 atom stereocenters. The molecule has 2 amide bonds. The van der Waals surface area contributed by atoms with Gasteiger partial charge in [-0.05, 0) is 77.7 Å². The third-order valence-corrected chi connectivity index (χ3v) is 8.29. The minimum atomic E-state index is -4.57. The molecule has 1 aromatic carbocycles. The molecule has 6 rings (SSSR count). The average molecular weight is 581 g/mol. The molecule has 4 aromatic rings. The van der Waals surface area contributed by atoms with Gasteiger partial charge < -0.3 is 10.2 Å². The van der Waals surface area contributed by atoms with E-state index in [1.807, 2.05) is 9.80 Å². The number of nitrogens with zero attached hydrogens (tertiary/aromatic N) is 4. The molecule has 2 aliphatic rings. The van der Waals surface area contributed by atoms with Gasteiger partial charge in [0.2, 0.25) is 11.8 Å². The molecule has 5 heterocycles. The number of fused-ring (bicyclic) bond motifs is 1. The maximum absolute atomic E-state index is 13.2. The number of amides is 2. The predicted octanol–water partition coefficient (Wildman–Crippen LogP) is 5.28. The summed E-state index contributed by atoms with van der Waals surface area (Å²) in [6, 6.07) is 9.67. The Morgan fingerprint density at radius 1 is 1.12 bits per heavy atom. The highest BCUT2D eigenvalue weighted by molar-refractivity contribution is 7.08. The number of nitrogens with one attached hydrogen (secondary N) is 2. The molecule has 1 saturated heterocycles. The van der Waals surface area contributed by atoms with Crippen molar-refractivity contribution in [3.8, 4) is 11.3 Å². The highest BCUT2D eigenvalue weighted by Gasteiger charge is 2.33. The van der Waals surface area contributed by atoms with Crippen molar-refractivity contribution < 1.29 is 22.8 Å². The van der Waals surface area contributed by atoms with Crippen LogP contribution in [0.3, 0.4) is 0 Å². The number of likely N-dealkylation sites (tertiary alicyclic amines) is 1. The van der Waals surface area contributed by atoms with Crippen LogP contribution in [0.2, 0.25) is 0 Å². The molecule has 0 spiro atoms. The maximum Gasteiger partial charge on any atom is 0.433 e. The van der Waals surface area contributed by atoms with Crippen LogP contribution in [0, 0.1) is 5.92 Å². The molecule has 0 saturated carbocycles. The Bertz CT molecular complexity index is 1610. The summed E-state index contributed by atoms with van der Waals surface area (Å²) < 4.78 is 39.5. The van der Waals surface area contributed by atoms with Gasteiger partial charge in [0.25, 0.3) is 0 Å². The first-order valence-corrected chi connectivity index (χ1v) is 14.2. The second kappa shape index (κ2) is 11.1. The maximum atomic E-state index is 13.2. The zero-order valence-corrected chi connectivity index (χ0v) is 22.8. The van der Waals surface area contributed by atoms with Crippen LogP contribution in [0.1, 0.15) is 24.1 Å². The van der Waals surface area contributed by atoms with Gasteiger partial charge in [0.05, 0.1) is 18.0 Å². The van der Waals surface area contributed by atoms with Crippen LogP contribution in [-0.2, 0) is 15.8 Å². The molecule has 8 nitrogen and oxygen atoms in total. The van der Waals surface area contributed by atoms with Gasteiger partial charge in [0, 0.05) is 42.5 Å². The number of aromatic nitrogens is 3. The Morgan fingerprint density at radius 3 is 2.76 bits per heavy atom. The van der Waals surface area contributed by atoms with Gasteiger partial charge >= 0.3 is 6.18 Å². The Kier molecular flexibility index (Phi) is 7.35. The van der Waals surface area contributed by atoms with E-state index in [1.54, 1.807) is 29.5 Å². The summed E-state index contributed by atoms with van der Waals surface area (Å²) >= 11 is 1.66. The Hall–Kier alpha value is -4.03. The monoisotopic (exact) mass is 580 g/mol. The zero-order valence-electron chi connectivity index (χ0n) is 21.9. The smallest absolute Gasteiger partial charge is 0.338 e. The van der Waals surface area contributed by atoms with Crippen LogP contribution in [0.15, 0.2) is 59.4 Å². The Labute approximate surface area is 237 Å². The Balaban J connectivity index is 1.07. The fraction of sp³-hybridized carbons (Fsp3) is 0.310. The third kappa shape index (κ3) is 5.89. The van der Waals surface area contributed by atoms with Crippen LogP contribution in [0.4, 0.5) is 18.9 Å². The molecule has 1 fully saturated rings. The SMILES string of the molecule is O=C(Nc1ccc2[nH]nc(-c3ccnc(C(F)(F)F)c3)c2c1)[C@@H]1CCN(CC(=O)N2CC=C(c3ccsc3)CC2)C1. The molecule has 0 bridgehead atoms. The number of benzene rings is 1. The number of carbonyl (C=O) groups is 2. The number of H-pyrrole nitrogens is 1. The van der Waals surface area contributed by atoms with Crippen molar-refractivity contribution in [2.45, 2.75) is 19.0 Å². The lowest BCUT2D eigenvalue weighted by Gasteiger charge is -2.28. The van der Waals surface area contributed by atoms with E-state index in [4.69, 9.17) is 0 Å². The number of alkyl halides is 3. The molecule has 2 aliphatic heterocycles. The summed E-state index contributed by atoms with van der Waals surface area (Å²) in [4.78, 5) is 33.3. The molecular weight excluding hydrogens is 553 g/mol. The van der Waals surface area contributed by atoms with Crippen molar-refractivity contribution in [3.05, 3.63) is 70.7 Å². The van der Waals surface area contributed by atoms with E-state index in [0.29, 0.717) is 54.9 Å². The second-order valence-electron chi connectivity index (χ2n) is 10.3. The fourth-order valence-electron chi connectivity index (χ4n) is 5.38. The highest BCUT2D eigenvalue weighted by Crippen LogP contribution is 2.33. The van der Waals surface area contributed by atoms with E-state index >= 15 is 0 Å². The lowest BCUT2D eigenvalue weighted by molar-refractivity contribution is -0.141. The molecule has 0 radical (unpaired) electrons. The van der Waals surface area contributed by atoms with Gasteiger partial charge in [-0.3, -0.25) is 24.6 Å². The van der Waals surface area contributed by atoms with E-state index in [2.05, 4.69) is 43.4 Å². The van der Waals surface area contributed by atoms with Crippen LogP contribution in [0.25, 0.3) is 27.7 Å². The number of pyridine rings is 1. The fourth-order valence-corrected chi connectivity index (χ4v) is 6.06. The van der Waals surface area contributed by atoms with E-state index in [-0.39, 0.29) is 29.8 Å². The first-order chi connectivity index (χ1) is 19.7. The van der Waals surface area contributed by atoms with Crippen molar-refractivity contribution in [3.63, 3.8) is 0 Å². The zero-order chi connectivity index (χ0) is 28.6. The number of carbonyl (C=O) groups excluding carboxylic acids is 2. The number of aromatic amines is 1. The van der Waals surface area contributed by atoms with Crippen LogP contribution in [0.5, 0.6) is 0 Å². The number of halogens is 3. The number of thiophene rings is 1. The summed E-state index contributed by atoms with van der Waals surface area (Å²) in [5.41, 5.74) is 3.26. The molecule has 0 unspecified atom stereocenters. The van der Waals surface area contributed by atoms with Crippen molar-refractivity contribution >= 4 is 45.3 Å². The number of hydrogen-bond acceptors (Lipinski definition) is 6. The van der Waals surface area contributed by atoms with Crippen molar-refractivity contribution in [1.29, 1.82) is 0 Å². The van der Waals surface area contributed by atoms with Crippen molar-refractivity contribution in [2.75, 3.05) is 38.0 Å². The first kappa shape index (κ1) is 27.2. The van der Waals surface area contributed by atoms with Gasteiger partial charge in [-0.2, -0.15) is 29.6 Å². The second-order valence-corrected chi connectivity index (χ2v) is 11.1. The lowest BCUT2D eigenvalue weighted by Crippen LogP contribution is -2.41. The van der Waals surface area contributed by atoms with Crippen LogP contribution < -0.4 is 5.32 Å². The minimum absolute atomic E-state index is 0.0643. The molecule has 41 heavy (non-hydrogen) atoms. The Morgan fingerprint density at radius 2 is 2.00 bits per heavy atom. The average Bonchev–Trinajstić information content (AvgIpc) is 3.74. The summed E-state index contributed by atoms with van der Waals surface area (Å²) in [6.07, 6.45) is 0.124. The number of hydrogen-bond donors (Lipinski definition) is 2. The number of anilines is 1. The molecule has 2 N–H and O–H groups in total. The summed E-state index contributed by atoms with van der Waals surface area (Å²) in [5.74, 6) is -0.369. The molecule has 3 aromatic heterocycles. The third-order valence-electron chi connectivity index (χ3n) is 7.61. The largest absolute Gasteiger partial charge is 0.433 e. The lowest BCUT2D eigenvalue weighted by atomic mass is 10.0. The van der Waals surface area contributed by atoms with E-state index < -0.39 is 11.9 Å². The van der Waals surface area contributed by atoms with E-state index in [0.717, 1.165) is 18.7 Å². The van der Waals surface area contributed by atoms with E-state index in [1.165, 1.54) is 17.2 Å². The molecular formula is C29H27F3N6O2S. The van der Waals surface area contributed by atoms with Gasteiger partial charge in [-0.25, -0.2) is 0 Å².